The number of anilines is 1. The van der Waals surface area contributed by atoms with Crippen molar-refractivity contribution < 1.29 is 9.13 Å². The van der Waals surface area contributed by atoms with Crippen LogP contribution in [0.5, 0.6) is 0 Å². The third-order valence-electron chi connectivity index (χ3n) is 8.69. The first kappa shape index (κ1) is 26.4. The van der Waals surface area contributed by atoms with Gasteiger partial charge in [0.1, 0.15) is 16.9 Å². The molecule has 2 aromatic heterocycles. The van der Waals surface area contributed by atoms with Crippen molar-refractivity contribution in [3.05, 3.63) is 39.1 Å². The summed E-state index contributed by atoms with van der Waals surface area (Å²) in [6.07, 6.45) is 7.86. The molecule has 3 aliphatic rings. The van der Waals surface area contributed by atoms with Crippen molar-refractivity contribution in [1.82, 2.24) is 9.88 Å². The van der Waals surface area contributed by atoms with Crippen LogP contribution in [-0.4, -0.2) is 27.8 Å². The van der Waals surface area contributed by atoms with Crippen molar-refractivity contribution in [1.29, 1.82) is 5.26 Å². The van der Waals surface area contributed by atoms with Gasteiger partial charge in [0.05, 0.1) is 35.4 Å². The molecule has 1 aromatic carbocycles. The number of amidine groups is 1. The van der Waals surface area contributed by atoms with Gasteiger partial charge in [-0.15, -0.1) is 20.6 Å². The largest absolute Gasteiger partial charge is 0.389 e. The summed E-state index contributed by atoms with van der Waals surface area (Å²) in [6, 6.07) is 2.18. The van der Waals surface area contributed by atoms with E-state index in [0.29, 0.717) is 45.5 Å². The summed E-state index contributed by atoms with van der Waals surface area (Å²) in [5.41, 5.74) is 11.5. The van der Waals surface area contributed by atoms with E-state index in [1.54, 1.807) is 0 Å². The normalized spacial score (nSPS) is 21.2. The van der Waals surface area contributed by atoms with E-state index >= 15 is 0 Å². The maximum atomic E-state index is 14.8. The minimum absolute atomic E-state index is 0.275. The Labute approximate surface area is 234 Å². The molecular formula is C30H33FN5OPS. The lowest BCUT2D eigenvalue weighted by Crippen LogP contribution is -2.41. The van der Waals surface area contributed by atoms with Gasteiger partial charge in [0.25, 0.3) is 0 Å². The number of fused-ring (bicyclic) bond motifs is 2. The van der Waals surface area contributed by atoms with Crippen LogP contribution in [0.15, 0.2) is 11.2 Å². The second-order valence-corrected chi connectivity index (χ2v) is 12.9. The molecule has 3 aromatic rings. The number of hydrogen-bond donors (Lipinski definition) is 1. The van der Waals surface area contributed by atoms with E-state index in [0.717, 1.165) is 62.6 Å². The molecule has 1 aliphatic carbocycles. The van der Waals surface area contributed by atoms with Gasteiger partial charge in [0.15, 0.2) is 5.82 Å². The summed E-state index contributed by atoms with van der Waals surface area (Å²) < 4.78 is 21.2. The number of aromatic nitrogens is 1. The maximum absolute atomic E-state index is 14.8. The Bertz CT molecular complexity index is 1730. The number of halogens is 1. The molecule has 2 N–H and O–H groups in total. The molecule has 1 saturated heterocycles. The van der Waals surface area contributed by atoms with Crippen LogP contribution in [-0.2, 0) is 18.0 Å². The average Bonchev–Trinajstić information content (AvgIpc) is 3.22. The van der Waals surface area contributed by atoms with E-state index in [4.69, 9.17) is 15.5 Å². The lowest BCUT2D eigenvalue weighted by atomic mass is 9.93. The number of thiophene rings is 1. The topological polar surface area (TPSA) is 87.5 Å². The molecule has 0 amide bonds. The first-order valence-corrected chi connectivity index (χ1v) is 14.9. The molecule has 39 heavy (non-hydrogen) atoms. The predicted molar refractivity (Wildman–Crippen MR) is 161 cm³/mol. The molecular weight excluding hydrogens is 528 g/mol. The van der Waals surface area contributed by atoms with Crippen molar-refractivity contribution in [2.45, 2.75) is 72.1 Å². The fraction of sp³-hybridized carbons (Fsp3) is 0.433. The van der Waals surface area contributed by atoms with Crippen LogP contribution in [0.3, 0.4) is 0 Å². The van der Waals surface area contributed by atoms with Gasteiger partial charge in [-0.25, -0.2) is 9.38 Å². The zero-order chi connectivity index (χ0) is 27.6. The number of rotatable bonds is 3. The van der Waals surface area contributed by atoms with Crippen molar-refractivity contribution in [3.8, 4) is 17.3 Å². The Hall–Kier alpha value is -2.85. The molecule has 2 unspecified atom stereocenters. The van der Waals surface area contributed by atoms with Gasteiger partial charge in [-0.3, -0.25) is 4.98 Å². The van der Waals surface area contributed by atoms with Crippen molar-refractivity contribution in [3.63, 3.8) is 0 Å². The quantitative estimate of drug-likeness (QED) is 0.285. The number of aliphatic imine (C=N–C) groups is 1. The Morgan fingerprint density at radius 3 is 2.82 bits per heavy atom. The highest BCUT2D eigenvalue weighted by Gasteiger charge is 2.53. The highest BCUT2D eigenvalue weighted by Crippen LogP contribution is 2.51. The van der Waals surface area contributed by atoms with Crippen LogP contribution in [0, 0.1) is 23.1 Å². The molecule has 1 saturated carbocycles. The Balaban J connectivity index is 1.63. The lowest BCUT2D eigenvalue weighted by Gasteiger charge is -2.25. The molecule has 2 fully saturated rings. The molecule has 2 atom stereocenters. The van der Waals surface area contributed by atoms with Crippen molar-refractivity contribution in [2.75, 3.05) is 12.3 Å². The Kier molecular flexibility index (Phi) is 6.53. The minimum atomic E-state index is -0.471. The summed E-state index contributed by atoms with van der Waals surface area (Å²) in [5.74, 6) is 1.28. The predicted octanol–water partition coefficient (Wildman–Crippen LogP) is 4.70. The Morgan fingerprint density at radius 1 is 1.38 bits per heavy atom. The zero-order valence-electron chi connectivity index (χ0n) is 22.8. The molecule has 6 rings (SSSR count). The number of nitrogens with zero attached hydrogens (tertiary/aromatic N) is 4. The molecule has 4 heterocycles. The fourth-order valence-corrected chi connectivity index (χ4v) is 8.20. The van der Waals surface area contributed by atoms with Gasteiger partial charge in [-0.2, -0.15) is 5.26 Å². The Morgan fingerprint density at radius 2 is 2.13 bits per heavy atom. The smallest absolute Gasteiger partial charge is 0.159 e. The third-order valence-corrected chi connectivity index (χ3v) is 10.3. The second-order valence-electron chi connectivity index (χ2n) is 11.2. The standard InChI is InChI=1S/C30H33FN5OPS/c1-5-16(3)23-19(10-34-17(4)36-12-15(2)8-30(36)6-7-30)20-13-37-14-21(20)24(27(23)38)26-25-18(9-32)29(33)39-28(25)22(31)11-35-26/h10-11,15H,5-8,12-14,33,38H2,1-4H3/b19-10-,23-16?,34-17?. The second kappa shape index (κ2) is 9.66. The van der Waals surface area contributed by atoms with Gasteiger partial charge in [-0.1, -0.05) is 19.4 Å². The monoisotopic (exact) mass is 561 g/mol. The molecule has 9 heteroatoms. The number of nitrogen functional groups attached to an aromatic ring is 1. The van der Waals surface area contributed by atoms with E-state index in [2.05, 4.69) is 52.9 Å². The molecule has 1 spiro atoms. The first-order chi connectivity index (χ1) is 18.7. The minimum Gasteiger partial charge on any atom is -0.389 e. The van der Waals surface area contributed by atoms with E-state index in [-0.39, 0.29) is 5.56 Å². The van der Waals surface area contributed by atoms with Gasteiger partial charge in [-0.05, 0) is 67.1 Å². The summed E-state index contributed by atoms with van der Waals surface area (Å²) in [5, 5.41) is 13.8. The molecule has 0 radical (unpaired) electrons. The van der Waals surface area contributed by atoms with Gasteiger partial charge >= 0.3 is 0 Å². The highest BCUT2D eigenvalue weighted by molar-refractivity contribution is 7.28. The molecule has 6 nitrogen and oxygen atoms in total. The van der Waals surface area contributed by atoms with Crippen LogP contribution in [0.1, 0.15) is 70.1 Å². The SMILES string of the molecule is CCC(C)=c1c(P)c(-c2ncc(F)c3sc(N)c(C#N)c23)c2c(/c1=C/N=C(C)N1CC(C)CC13CC3)COC2. The third kappa shape index (κ3) is 4.09. The van der Waals surface area contributed by atoms with Gasteiger partial charge in [0.2, 0.25) is 0 Å². The molecule has 0 bridgehead atoms. The van der Waals surface area contributed by atoms with Gasteiger partial charge < -0.3 is 15.4 Å². The first-order valence-electron chi connectivity index (χ1n) is 13.5. The highest BCUT2D eigenvalue weighted by atomic mass is 32.1. The van der Waals surface area contributed by atoms with E-state index in [1.165, 1.54) is 31.0 Å². The number of nitriles is 1. The average molecular weight is 562 g/mol. The van der Waals surface area contributed by atoms with Crippen molar-refractivity contribution >= 4 is 58.6 Å². The number of hydrogen-bond acceptors (Lipinski definition) is 6. The zero-order valence-corrected chi connectivity index (χ0v) is 24.8. The number of likely N-dealkylation sites (tertiary alicyclic amines) is 1. The van der Waals surface area contributed by atoms with E-state index in [9.17, 15) is 9.65 Å². The van der Waals surface area contributed by atoms with E-state index in [1.807, 2.05) is 6.20 Å². The van der Waals surface area contributed by atoms with Crippen LogP contribution < -0.4 is 21.5 Å². The summed E-state index contributed by atoms with van der Waals surface area (Å²) in [7, 11) is 2.91. The summed E-state index contributed by atoms with van der Waals surface area (Å²) in [4.78, 5) is 12.1. The fourth-order valence-electron chi connectivity index (χ4n) is 6.56. The number of ether oxygens (including phenoxy) is 1. The van der Waals surface area contributed by atoms with Crippen molar-refractivity contribution in [2.24, 2.45) is 10.9 Å². The van der Waals surface area contributed by atoms with Crippen LogP contribution in [0.2, 0.25) is 0 Å². The van der Waals surface area contributed by atoms with Crippen LogP contribution in [0.25, 0.3) is 33.1 Å². The number of nitrogens with two attached hydrogens (primary N) is 1. The summed E-state index contributed by atoms with van der Waals surface area (Å²) in [6.45, 7) is 10.7. The van der Waals surface area contributed by atoms with E-state index < -0.39 is 5.82 Å². The van der Waals surface area contributed by atoms with Crippen LogP contribution in [0.4, 0.5) is 9.39 Å². The van der Waals surface area contributed by atoms with Gasteiger partial charge in [0, 0.05) is 34.5 Å². The number of pyridine rings is 1. The maximum Gasteiger partial charge on any atom is 0.159 e. The lowest BCUT2D eigenvalue weighted by molar-refractivity contribution is 0.134. The molecule has 202 valence electrons. The summed E-state index contributed by atoms with van der Waals surface area (Å²) >= 11 is 1.09. The number of benzene rings is 1. The molecule has 2 aliphatic heterocycles. The van der Waals surface area contributed by atoms with Crippen LogP contribution >= 0.6 is 20.6 Å².